The van der Waals surface area contributed by atoms with Crippen LogP contribution in [-0.2, 0) is 20.3 Å². The number of ether oxygens (including phenoxy) is 1. The molecule has 2 aromatic rings. The third kappa shape index (κ3) is 5.64. The predicted molar refractivity (Wildman–Crippen MR) is 94.4 cm³/mol. The van der Waals surface area contributed by atoms with Gasteiger partial charge in [0.2, 0.25) is 15.7 Å². The molecule has 0 radical (unpaired) electrons. The van der Waals surface area contributed by atoms with Crippen molar-refractivity contribution in [2.75, 3.05) is 0 Å². The molecule has 11 heteroatoms. The lowest BCUT2D eigenvalue weighted by Crippen LogP contribution is -2.34. The lowest BCUT2D eigenvalue weighted by atomic mass is 10.2. The predicted octanol–water partition coefficient (Wildman–Crippen LogP) is 3.42. The molecule has 0 spiro atoms. The van der Waals surface area contributed by atoms with Crippen LogP contribution in [0.2, 0.25) is 5.02 Å². The molecule has 1 unspecified atom stereocenters. The Morgan fingerprint density at radius 2 is 2.04 bits per heavy atom. The van der Waals surface area contributed by atoms with Crippen molar-refractivity contribution < 1.29 is 26.8 Å². The lowest BCUT2D eigenvalue weighted by Gasteiger charge is -2.20. The van der Waals surface area contributed by atoms with Crippen LogP contribution in [0, 0.1) is 5.82 Å². The highest BCUT2D eigenvalue weighted by molar-refractivity contribution is 7.90. The Kier molecular flexibility index (Phi) is 6.10. The summed E-state index contributed by atoms with van der Waals surface area (Å²) >= 11 is 5.86. The third-order valence-electron chi connectivity index (χ3n) is 3.19. The fraction of sp³-hybridized carbons (Fsp3) is 0.438. The first-order valence-corrected chi connectivity index (χ1v) is 9.90. The van der Waals surface area contributed by atoms with E-state index in [1.54, 1.807) is 20.8 Å². The quantitative estimate of drug-likeness (QED) is 0.790. The van der Waals surface area contributed by atoms with Gasteiger partial charge in [-0.05, 0) is 39.8 Å². The molecule has 0 aliphatic heterocycles. The maximum atomic E-state index is 13.8. The minimum absolute atomic E-state index is 0.0294. The van der Waals surface area contributed by atoms with Gasteiger partial charge in [-0.1, -0.05) is 22.8 Å². The summed E-state index contributed by atoms with van der Waals surface area (Å²) < 4.78 is 48.9. The normalized spacial score (nSPS) is 13.3. The summed E-state index contributed by atoms with van der Waals surface area (Å²) in [6.45, 7) is 6.61. The monoisotopic (exact) mass is 419 g/mol. The van der Waals surface area contributed by atoms with Crippen LogP contribution in [0.15, 0.2) is 27.8 Å². The number of hydrogen-bond donors (Lipinski definition) is 1. The second-order valence-corrected chi connectivity index (χ2v) is 9.01. The van der Waals surface area contributed by atoms with E-state index >= 15 is 0 Å². The zero-order valence-electron chi connectivity index (χ0n) is 15.1. The van der Waals surface area contributed by atoms with Crippen LogP contribution in [0.25, 0.3) is 0 Å². The molecule has 1 amide bonds. The molecular weight excluding hydrogens is 401 g/mol. The summed E-state index contributed by atoms with van der Waals surface area (Å²) in [5.41, 5.74) is -0.898. The summed E-state index contributed by atoms with van der Waals surface area (Å²) in [6, 6.07) is 3.04. The van der Waals surface area contributed by atoms with Crippen LogP contribution in [0.5, 0.6) is 0 Å². The number of alkyl carbamates (subject to hydrolysis) is 1. The Bertz CT molecular complexity index is 920. The van der Waals surface area contributed by atoms with Crippen LogP contribution >= 0.6 is 11.6 Å². The van der Waals surface area contributed by atoms with Crippen molar-refractivity contribution in [2.45, 2.75) is 50.3 Å². The van der Waals surface area contributed by atoms with Crippen molar-refractivity contribution in [2.24, 2.45) is 0 Å². The fourth-order valence-electron chi connectivity index (χ4n) is 1.99. The Balaban J connectivity index is 2.15. The molecule has 1 aromatic carbocycles. The maximum absolute atomic E-state index is 13.8. The largest absolute Gasteiger partial charge is 0.444 e. The van der Waals surface area contributed by atoms with Gasteiger partial charge in [-0.25, -0.2) is 17.6 Å². The van der Waals surface area contributed by atoms with Crippen molar-refractivity contribution in [3.63, 3.8) is 0 Å². The molecule has 0 aliphatic rings. The summed E-state index contributed by atoms with van der Waals surface area (Å²) in [7, 11) is -4.14. The number of sulfone groups is 1. The molecule has 0 aliphatic carbocycles. The standard InChI is InChI=1S/C16H19ClFN3O5S/c1-9(19-14(22)26-16(2,3)4)13-20-21-15(25-13)27(23,24)8-10-11(17)6-5-7-12(10)18/h5-7,9H,8H2,1-4H3,(H,19,22). The Hall–Kier alpha value is -2.20. The smallest absolute Gasteiger partial charge is 0.408 e. The van der Waals surface area contributed by atoms with E-state index in [9.17, 15) is 17.6 Å². The first-order chi connectivity index (χ1) is 12.4. The van der Waals surface area contributed by atoms with Gasteiger partial charge in [0, 0.05) is 10.6 Å². The fourth-order valence-corrected chi connectivity index (χ4v) is 3.47. The second kappa shape index (κ2) is 7.81. The zero-order valence-corrected chi connectivity index (χ0v) is 16.7. The first kappa shape index (κ1) is 21.1. The van der Waals surface area contributed by atoms with E-state index in [4.69, 9.17) is 20.8 Å². The Labute approximate surface area is 161 Å². The molecule has 0 fully saturated rings. The van der Waals surface area contributed by atoms with E-state index in [1.807, 2.05) is 0 Å². The molecule has 1 atom stereocenters. The third-order valence-corrected chi connectivity index (χ3v) is 4.91. The van der Waals surface area contributed by atoms with Crippen LogP contribution in [-0.4, -0.2) is 30.3 Å². The van der Waals surface area contributed by atoms with Crippen molar-refractivity contribution in [3.05, 3.63) is 40.5 Å². The molecule has 0 bridgehead atoms. The number of rotatable bonds is 5. The zero-order chi connectivity index (χ0) is 20.4. The van der Waals surface area contributed by atoms with Gasteiger partial charge in [0.05, 0.1) is 5.75 Å². The van der Waals surface area contributed by atoms with Gasteiger partial charge in [0.15, 0.2) is 0 Å². The highest BCUT2D eigenvalue weighted by Crippen LogP contribution is 2.25. The summed E-state index contributed by atoms with van der Waals surface area (Å²) in [5, 5.41) is 8.83. The van der Waals surface area contributed by atoms with E-state index in [-0.39, 0.29) is 16.5 Å². The maximum Gasteiger partial charge on any atom is 0.408 e. The van der Waals surface area contributed by atoms with Crippen molar-refractivity contribution in [1.29, 1.82) is 0 Å². The van der Waals surface area contributed by atoms with E-state index in [2.05, 4.69) is 15.5 Å². The minimum atomic E-state index is -4.14. The van der Waals surface area contributed by atoms with Gasteiger partial charge in [-0.15, -0.1) is 5.10 Å². The minimum Gasteiger partial charge on any atom is -0.444 e. The molecule has 1 N–H and O–H groups in total. The highest BCUT2D eigenvalue weighted by Gasteiger charge is 2.28. The topological polar surface area (TPSA) is 111 Å². The van der Waals surface area contributed by atoms with Gasteiger partial charge in [-0.3, -0.25) is 0 Å². The first-order valence-electron chi connectivity index (χ1n) is 7.87. The molecule has 1 heterocycles. The molecular formula is C16H19ClFN3O5S. The average Bonchev–Trinajstić information content (AvgIpc) is 3.00. The number of hydrogen-bond acceptors (Lipinski definition) is 7. The average molecular weight is 420 g/mol. The molecule has 1 aromatic heterocycles. The highest BCUT2D eigenvalue weighted by atomic mass is 35.5. The number of benzene rings is 1. The molecule has 27 heavy (non-hydrogen) atoms. The van der Waals surface area contributed by atoms with E-state index in [0.717, 1.165) is 6.07 Å². The molecule has 0 saturated carbocycles. The number of aromatic nitrogens is 2. The van der Waals surface area contributed by atoms with Crippen LogP contribution in [0.3, 0.4) is 0 Å². The van der Waals surface area contributed by atoms with Crippen LogP contribution in [0.4, 0.5) is 9.18 Å². The molecule has 2 rings (SSSR count). The van der Waals surface area contributed by atoms with Gasteiger partial charge in [-0.2, -0.15) is 0 Å². The second-order valence-electron chi connectivity index (χ2n) is 6.73. The summed E-state index contributed by atoms with van der Waals surface area (Å²) in [4.78, 5) is 11.8. The summed E-state index contributed by atoms with van der Waals surface area (Å²) in [5.74, 6) is -1.64. The van der Waals surface area contributed by atoms with Crippen molar-refractivity contribution in [3.8, 4) is 0 Å². The van der Waals surface area contributed by atoms with Gasteiger partial charge in [0.1, 0.15) is 17.5 Å². The number of amides is 1. The van der Waals surface area contributed by atoms with Gasteiger partial charge < -0.3 is 14.5 Å². The van der Waals surface area contributed by atoms with E-state index in [0.29, 0.717) is 0 Å². The molecule has 148 valence electrons. The number of halogens is 2. The number of nitrogens with one attached hydrogen (secondary N) is 1. The summed E-state index contributed by atoms with van der Waals surface area (Å²) in [6.07, 6.45) is -0.726. The lowest BCUT2D eigenvalue weighted by molar-refractivity contribution is 0.0500. The van der Waals surface area contributed by atoms with E-state index in [1.165, 1.54) is 19.1 Å². The van der Waals surface area contributed by atoms with Crippen molar-refractivity contribution >= 4 is 27.5 Å². The van der Waals surface area contributed by atoms with Gasteiger partial charge in [0.25, 0.3) is 0 Å². The number of nitrogens with zero attached hydrogens (tertiary/aromatic N) is 2. The number of carbonyl (C=O) groups is 1. The van der Waals surface area contributed by atoms with Crippen molar-refractivity contribution in [1.82, 2.24) is 15.5 Å². The molecule has 0 saturated heterocycles. The van der Waals surface area contributed by atoms with Gasteiger partial charge >= 0.3 is 11.3 Å². The van der Waals surface area contributed by atoms with E-state index < -0.39 is 44.4 Å². The Morgan fingerprint density at radius 3 is 2.63 bits per heavy atom. The van der Waals surface area contributed by atoms with Crippen LogP contribution < -0.4 is 5.32 Å². The van der Waals surface area contributed by atoms with Crippen LogP contribution in [0.1, 0.15) is 45.2 Å². The molecule has 8 nitrogen and oxygen atoms in total. The Morgan fingerprint density at radius 1 is 1.37 bits per heavy atom. The SMILES string of the molecule is CC(NC(=O)OC(C)(C)C)c1nnc(S(=O)(=O)Cc2c(F)cccc2Cl)o1. The number of carbonyl (C=O) groups excluding carboxylic acids is 1.